The fraction of sp³-hybridized carbons (Fsp3) is 0.727. The second kappa shape index (κ2) is 10.2. The van der Waals surface area contributed by atoms with Crippen molar-refractivity contribution in [2.24, 2.45) is 5.92 Å². The maximum Gasteiger partial charge on any atom is 0.282 e. The molecular formula is C22H33N5O3S2. The summed E-state index contributed by atoms with van der Waals surface area (Å²) >= 11 is 1.54. The highest BCUT2D eigenvalue weighted by Gasteiger charge is 2.33. The van der Waals surface area contributed by atoms with E-state index < -0.39 is 10.2 Å². The van der Waals surface area contributed by atoms with Gasteiger partial charge in [0.2, 0.25) is 5.91 Å². The molecule has 2 fully saturated rings. The van der Waals surface area contributed by atoms with Crippen molar-refractivity contribution in [2.75, 3.05) is 51.1 Å². The summed E-state index contributed by atoms with van der Waals surface area (Å²) in [6, 6.07) is 2.29. The van der Waals surface area contributed by atoms with Crippen LogP contribution >= 0.6 is 11.3 Å². The quantitative estimate of drug-likeness (QED) is 0.700. The average molecular weight is 480 g/mol. The van der Waals surface area contributed by atoms with Gasteiger partial charge in [-0.25, -0.2) is 0 Å². The van der Waals surface area contributed by atoms with Gasteiger partial charge in [-0.05, 0) is 43.6 Å². The van der Waals surface area contributed by atoms with Gasteiger partial charge in [-0.3, -0.25) is 9.69 Å². The molecule has 1 atom stereocenters. The standard InChI is InChI=1S/C22H33N5O3S2/c1-17-6-7-18-19(15-23)22(31-20(18)14-17)24-21(28)16-25-10-12-27(13-11-25)32(29,30)26-8-4-2-3-5-9-26/h17H,2-14,16H2,1H3,(H,24,28). The topological polar surface area (TPSA) is 96.8 Å². The van der Waals surface area contributed by atoms with Gasteiger partial charge in [0.15, 0.2) is 0 Å². The third kappa shape index (κ3) is 5.18. The molecule has 1 N–H and O–H groups in total. The van der Waals surface area contributed by atoms with Crippen LogP contribution in [-0.4, -0.2) is 73.6 Å². The molecule has 1 aromatic heterocycles. The zero-order valence-corrected chi connectivity index (χ0v) is 20.4. The summed E-state index contributed by atoms with van der Waals surface area (Å²) in [4.78, 5) is 15.9. The van der Waals surface area contributed by atoms with Crippen molar-refractivity contribution in [3.8, 4) is 6.07 Å². The molecule has 4 rings (SSSR count). The van der Waals surface area contributed by atoms with Gasteiger partial charge in [-0.2, -0.15) is 22.3 Å². The lowest BCUT2D eigenvalue weighted by molar-refractivity contribution is -0.117. The van der Waals surface area contributed by atoms with Crippen LogP contribution in [0.3, 0.4) is 0 Å². The molecular weight excluding hydrogens is 446 g/mol. The molecule has 8 nitrogen and oxygen atoms in total. The second-order valence-electron chi connectivity index (χ2n) is 9.21. The van der Waals surface area contributed by atoms with E-state index in [1.54, 1.807) is 8.61 Å². The molecule has 3 aliphatic rings. The van der Waals surface area contributed by atoms with Crippen LogP contribution < -0.4 is 5.32 Å². The number of carbonyl (C=O) groups excluding carboxylic acids is 1. The summed E-state index contributed by atoms with van der Waals surface area (Å²) in [5.41, 5.74) is 1.73. The molecule has 2 saturated heterocycles. The SMILES string of the molecule is CC1CCc2c(sc(NC(=O)CN3CCN(S(=O)(=O)N4CCCCCC4)CC3)c2C#N)C1. The molecule has 0 saturated carbocycles. The number of anilines is 1. The number of rotatable bonds is 5. The van der Waals surface area contributed by atoms with Gasteiger partial charge in [0.05, 0.1) is 12.1 Å². The van der Waals surface area contributed by atoms with Gasteiger partial charge in [-0.15, -0.1) is 11.3 Å². The van der Waals surface area contributed by atoms with Gasteiger partial charge in [0.25, 0.3) is 10.2 Å². The Balaban J connectivity index is 1.31. The second-order valence-corrected chi connectivity index (χ2v) is 12.2. The summed E-state index contributed by atoms with van der Waals surface area (Å²) in [5.74, 6) is 0.468. The number of carbonyl (C=O) groups is 1. The van der Waals surface area contributed by atoms with Gasteiger partial charge in [-0.1, -0.05) is 19.8 Å². The number of thiophene rings is 1. The number of piperazine rings is 1. The van der Waals surface area contributed by atoms with E-state index in [9.17, 15) is 18.5 Å². The van der Waals surface area contributed by atoms with E-state index in [1.807, 2.05) is 4.90 Å². The molecule has 3 heterocycles. The number of hydrogen-bond donors (Lipinski definition) is 1. The minimum atomic E-state index is -3.42. The first-order valence-corrected chi connectivity index (χ1v) is 13.9. The lowest BCUT2D eigenvalue weighted by Gasteiger charge is -2.36. The molecule has 0 spiro atoms. The Bertz CT molecular complexity index is 968. The lowest BCUT2D eigenvalue weighted by Crippen LogP contribution is -2.54. The largest absolute Gasteiger partial charge is 0.315 e. The van der Waals surface area contributed by atoms with E-state index in [0.717, 1.165) is 50.5 Å². The highest BCUT2D eigenvalue weighted by atomic mass is 32.2. The predicted molar refractivity (Wildman–Crippen MR) is 126 cm³/mol. The van der Waals surface area contributed by atoms with Crippen molar-refractivity contribution >= 4 is 32.5 Å². The smallest absolute Gasteiger partial charge is 0.282 e. The van der Waals surface area contributed by atoms with Crippen molar-refractivity contribution in [1.29, 1.82) is 5.26 Å². The Labute approximate surface area is 195 Å². The van der Waals surface area contributed by atoms with Crippen LogP contribution in [0.5, 0.6) is 0 Å². The van der Waals surface area contributed by atoms with E-state index in [4.69, 9.17) is 0 Å². The molecule has 1 aromatic rings. The Hall–Kier alpha value is -1.51. The minimum absolute atomic E-state index is 0.142. The number of nitriles is 1. The highest BCUT2D eigenvalue weighted by Crippen LogP contribution is 2.39. The maximum absolute atomic E-state index is 13.0. The van der Waals surface area contributed by atoms with Crippen LogP contribution in [0.4, 0.5) is 5.00 Å². The zero-order valence-electron chi connectivity index (χ0n) is 18.8. The first-order chi connectivity index (χ1) is 15.4. The Morgan fingerprint density at radius 2 is 1.75 bits per heavy atom. The number of fused-ring (bicyclic) bond motifs is 1. The molecule has 0 radical (unpaired) electrons. The van der Waals surface area contributed by atoms with Crippen LogP contribution in [0.1, 0.15) is 55.0 Å². The van der Waals surface area contributed by atoms with Crippen molar-refractivity contribution in [3.05, 3.63) is 16.0 Å². The van der Waals surface area contributed by atoms with Gasteiger partial charge in [0.1, 0.15) is 11.1 Å². The van der Waals surface area contributed by atoms with Crippen molar-refractivity contribution in [3.63, 3.8) is 0 Å². The van der Waals surface area contributed by atoms with E-state index in [-0.39, 0.29) is 12.5 Å². The summed E-state index contributed by atoms with van der Waals surface area (Å²) in [5, 5.41) is 13.2. The molecule has 1 unspecified atom stereocenters. The number of nitrogens with one attached hydrogen (secondary N) is 1. The van der Waals surface area contributed by atoms with Crippen LogP contribution in [-0.2, 0) is 27.8 Å². The van der Waals surface area contributed by atoms with Crippen molar-refractivity contribution in [2.45, 2.75) is 51.9 Å². The third-order valence-electron chi connectivity index (χ3n) is 6.79. The van der Waals surface area contributed by atoms with E-state index in [2.05, 4.69) is 18.3 Å². The Morgan fingerprint density at radius 1 is 1.09 bits per heavy atom. The van der Waals surface area contributed by atoms with Crippen LogP contribution in [0.15, 0.2) is 0 Å². The maximum atomic E-state index is 13.0. The monoisotopic (exact) mass is 479 g/mol. The Morgan fingerprint density at radius 3 is 2.41 bits per heavy atom. The number of amides is 1. The minimum Gasteiger partial charge on any atom is -0.315 e. The fourth-order valence-corrected chi connectivity index (χ4v) is 7.93. The third-order valence-corrected chi connectivity index (χ3v) is 10.00. The Kier molecular flexibility index (Phi) is 7.52. The van der Waals surface area contributed by atoms with Crippen LogP contribution in [0.25, 0.3) is 0 Å². The van der Waals surface area contributed by atoms with Gasteiger partial charge >= 0.3 is 0 Å². The summed E-state index contributed by atoms with van der Waals surface area (Å²) in [6.45, 7) is 5.52. The first-order valence-electron chi connectivity index (χ1n) is 11.7. The number of nitrogens with zero attached hydrogens (tertiary/aromatic N) is 4. The van der Waals surface area contributed by atoms with Gasteiger partial charge in [0, 0.05) is 44.1 Å². The summed E-state index contributed by atoms with van der Waals surface area (Å²) < 4.78 is 29.2. The summed E-state index contributed by atoms with van der Waals surface area (Å²) in [7, 11) is -3.42. The molecule has 0 aromatic carbocycles. The average Bonchev–Trinajstić information content (AvgIpc) is 2.92. The lowest BCUT2D eigenvalue weighted by atomic mass is 9.89. The van der Waals surface area contributed by atoms with E-state index >= 15 is 0 Å². The first kappa shape index (κ1) is 23.6. The van der Waals surface area contributed by atoms with Crippen molar-refractivity contribution < 1.29 is 13.2 Å². The molecule has 176 valence electrons. The van der Waals surface area contributed by atoms with Crippen molar-refractivity contribution in [1.82, 2.24) is 13.5 Å². The van der Waals surface area contributed by atoms with E-state index in [0.29, 0.717) is 55.8 Å². The van der Waals surface area contributed by atoms with E-state index in [1.165, 1.54) is 16.2 Å². The zero-order chi connectivity index (χ0) is 22.7. The number of hydrogen-bond acceptors (Lipinski definition) is 6. The fourth-order valence-electron chi connectivity index (χ4n) is 4.88. The molecule has 32 heavy (non-hydrogen) atoms. The predicted octanol–water partition coefficient (Wildman–Crippen LogP) is 2.42. The highest BCUT2D eigenvalue weighted by molar-refractivity contribution is 7.86. The molecule has 1 amide bonds. The molecule has 2 aliphatic heterocycles. The van der Waals surface area contributed by atoms with Crippen LogP contribution in [0.2, 0.25) is 0 Å². The van der Waals surface area contributed by atoms with Gasteiger partial charge < -0.3 is 5.32 Å². The molecule has 0 bridgehead atoms. The summed E-state index contributed by atoms with van der Waals surface area (Å²) in [6.07, 6.45) is 6.99. The molecule has 10 heteroatoms. The van der Waals surface area contributed by atoms with Crippen LogP contribution in [0, 0.1) is 17.2 Å². The molecule has 1 aliphatic carbocycles. The normalized spacial score (nSPS) is 23.8.